The molecule has 0 aliphatic carbocycles. The second-order valence-electron chi connectivity index (χ2n) is 6.15. The number of rotatable bonds is 6. The quantitative estimate of drug-likeness (QED) is 0.593. The summed E-state index contributed by atoms with van der Waals surface area (Å²) in [6.45, 7) is 1.84. The van der Waals surface area contributed by atoms with Gasteiger partial charge in [0.2, 0.25) is 0 Å². The predicted molar refractivity (Wildman–Crippen MR) is 106 cm³/mol. The number of hydrazone groups is 1. The van der Waals surface area contributed by atoms with Gasteiger partial charge in [0.15, 0.2) is 11.5 Å². The molecular formula is C20H20ClN3O4. The number of carbonyl (C=O) groups is 2. The Morgan fingerprint density at radius 2 is 1.89 bits per heavy atom. The number of ether oxygens (including phenoxy) is 2. The van der Waals surface area contributed by atoms with Crippen LogP contribution in [0.1, 0.15) is 24.5 Å². The SMILES string of the molecule is CC[C@@]1(c2ccccc2)NC(=O)N(/N=C\c2cc(Cl)c(OC)c(OC)c2)C1=O. The van der Waals surface area contributed by atoms with Gasteiger partial charge in [-0.25, -0.2) is 4.79 Å². The maximum absolute atomic E-state index is 13.0. The molecule has 28 heavy (non-hydrogen) atoms. The highest BCUT2D eigenvalue weighted by molar-refractivity contribution is 6.32. The van der Waals surface area contributed by atoms with E-state index >= 15 is 0 Å². The predicted octanol–water partition coefficient (Wildman–Crippen LogP) is 3.55. The molecule has 2 aromatic carbocycles. The summed E-state index contributed by atoms with van der Waals surface area (Å²) in [5.41, 5.74) is 0.130. The molecule has 0 radical (unpaired) electrons. The second-order valence-corrected chi connectivity index (χ2v) is 6.56. The number of halogens is 1. The summed E-state index contributed by atoms with van der Waals surface area (Å²) in [5, 5.41) is 8.02. The lowest BCUT2D eigenvalue weighted by Gasteiger charge is -2.24. The van der Waals surface area contributed by atoms with Crippen molar-refractivity contribution in [1.82, 2.24) is 10.3 Å². The largest absolute Gasteiger partial charge is 0.493 e. The molecule has 0 bridgehead atoms. The van der Waals surface area contributed by atoms with E-state index in [0.717, 1.165) is 5.01 Å². The molecule has 3 amide bonds. The van der Waals surface area contributed by atoms with E-state index < -0.39 is 17.5 Å². The first kappa shape index (κ1) is 19.7. The molecule has 1 fully saturated rings. The molecule has 1 saturated heterocycles. The van der Waals surface area contributed by atoms with E-state index in [1.54, 1.807) is 12.1 Å². The van der Waals surface area contributed by atoms with Gasteiger partial charge in [-0.2, -0.15) is 5.10 Å². The van der Waals surface area contributed by atoms with E-state index in [0.29, 0.717) is 34.1 Å². The molecule has 7 nitrogen and oxygen atoms in total. The van der Waals surface area contributed by atoms with Crippen LogP contribution in [0.4, 0.5) is 4.79 Å². The second kappa shape index (κ2) is 7.90. The fraction of sp³-hybridized carbons (Fsp3) is 0.250. The number of amides is 3. The lowest BCUT2D eigenvalue weighted by atomic mass is 9.87. The van der Waals surface area contributed by atoms with Crippen molar-refractivity contribution in [2.75, 3.05) is 14.2 Å². The monoisotopic (exact) mass is 401 g/mol. The first-order chi connectivity index (χ1) is 13.5. The Morgan fingerprint density at radius 1 is 1.18 bits per heavy atom. The van der Waals surface area contributed by atoms with Crippen LogP contribution >= 0.6 is 11.6 Å². The Balaban J connectivity index is 1.92. The van der Waals surface area contributed by atoms with Crippen molar-refractivity contribution in [3.8, 4) is 11.5 Å². The van der Waals surface area contributed by atoms with Crippen LogP contribution in [0.3, 0.4) is 0 Å². The number of hydrogen-bond acceptors (Lipinski definition) is 5. The third-order valence-electron chi connectivity index (χ3n) is 4.65. The van der Waals surface area contributed by atoms with Crippen molar-refractivity contribution in [2.45, 2.75) is 18.9 Å². The third kappa shape index (κ3) is 3.29. The molecule has 0 unspecified atom stereocenters. The summed E-state index contributed by atoms with van der Waals surface area (Å²) in [7, 11) is 2.97. The minimum absolute atomic E-state index is 0.327. The Kier molecular flexibility index (Phi) is 5.56. The summed E-state index contributed by atoms with van der Waals surface area (Å²) < 4.78 is 10.4. The van der Waals surface area contributed by atoms with Crippen LogP contribution in [-0.2, 0) is 10.3 Å². The Bertz CT molecular complexity index is 933. The van der Waals surface area contributed by atoms with Crippen molar-refractivity contribution in [3.05, 3.63) is 58.6 Å². The van der Waals surface area contributed by atoms with Crippen LogP contribution < -0.4 is 14.8 Å². The minimum atomic E-state index is -1.13. The molecule has 1 aliphatic rings. The zero-order valence-electron chi connectivity index (χ0n) is 15.7. The van der Waals surface area contributed by atoms with E-state index in [1.807, 2.05) is 37.3 Å². The first-order valence-corrected chi connectivity index (χ1v) is 9.02. The molecule has 1 heterocycles. The van der Waals surface area contributed by atoms with Crippen LogP contribution in [-0.4, -0.2) is 37.4 Å². The fourth-order valence-electron chi connectivity index (χ4n) is 3.17. The maximum Gasteiger partial charge on any atom is 0.346 e. The van der Waals surface area contributed by atoms with Crippen LogP contribution in [0.15, 0.2) is 47.6 Å². The van der Waals surface area contributed by atoms with E-state index in [9.17, 15) is 9.59 Å². The molecule has 3 rings (SSSR count). The highest BCUT2D eigenvalue weighted by Crippen LogP contribution is 2.36. The molecule has 2 aromatic rings. The Hall–Kier alpha value is -3.06. The summed E-state index contributed by atoms with van der Waals surface area (Å²) in [6, 6.07) is 11.8. The maximum atomic E-state index is 13.0. The molecule has 0 saturated carbocycles. The molecule has 1 atom stereocenters. The Morgan fingerprint density at radius 3 is 2.50 bits per heavy atom. The molecular weight excluding hydrogens is 382 g/mol. The number of carbonyl (C=O) groups excluding carboxylic acids is 2. The van der Waals surface area contributed by atoms with Gasteiger partial charge in [-0.1, -0.05) is 48.9 Å². The lowest BCUT2D eigenvalue weighted by Crippen LogP contribution is -2.43. The number of urea groups is 1. The zero-order chi connectivity index (χ0) is 20.3. The van der Waals surface area contributed by atoms with Crippen molar-refractivity contribution < 1.29 is 19.1 Å². The first-order valence-electron chi connectivity index (χ1n) is 8.64. The number of benzene rings is 2. The number of hydrogen-bond donors (Lipinski definition) is 1. The van der Waals surface area contributed by atoms with Gasteiger partial charge in [-0.3, -0.25) is 4.79 Å². The molecule has 146 valence electrons. The zero-order valence-corrected chi connectivity index (χ0v) is 16.5. The third-order valence-corrected chi connectivity index (χ3v) is 4.93. The average Bonchev–Trinajstić information content (AvgIpc) is 2.96. The highest BCUT2D eigenvalue weighted by Gasteiger charge is 2.51. The normalized spacial score (nSPS) is 19.2. The van der Waals surface area contributed by atoms with Crippen molar-refractivity contribution in [3.63, 3.8) is 0 Å². The number of nitrogens with zero attached hydrogens (tertiary/aromatic N) is 2. The standard InChI is InChI=1S/C20H20ClN3O4/c1-4-20(14-8-6-5-7-9-14)18(25)24(19(26)23-20)22-12-13-10-15(21)17(28-3)16(11-13)27-2/h5-12H,4H2,1-3H3,(H,23,26)/b22-12-/t20-/m0/s1. The van der Waals surface area contributed by atoms with Crippen LogP contribution in [0.5, 0.6) is 11.5 Å². The summed E-state index contributed by atoms with van der Waals surface area (Å²) in [5.74, 6) is 0.375. The van der Waals surface area contributed by atoms with Crippen molar-refractivity contribution >= 4 is 29.8 Å². The van der Waals surface area contributed by atoms with Gasteiger partial charge in [-0.15, -0.1) is 5.01 Å². The van der Waals surface area contributed by atoms with Gasteiger partial charge in [0, 0.05) is 0 Å². The number of methoxy groups -OCH3 is 2. The Labute approximate surface area is 167 Å². The van der Waals surface area contributed by atoms with Gasteiger partial charge < -0.3 is 14.8 Å². The van der Waals surface area contributed by atoms with E-state index in [1.165, 1.54) is 20.4 Å². The highest BCUT2D eigenvalue weighted by atomic mass is 35.5. The van der Waals surface area contributed by atoms with Crippen LogP contribution in [0, 0.1) is 0 Å². The van der Waals surface area contributed by atoms with E-state index in [2.05, 4.69) is 10.4 Å². The smallest absolute Gasteiger partial charge is 0.346 e. The van der Waals surface area contributed by atoms with E-state index in [-0.39, 0.29) is 0 Å². The minimum Gasteiger partial charge on any atom is -0.493 e. The lowest BCUT2D eigenvalue weighted by molar-refractivity contribution is -0.131. The van der Waals surface area contributed by atoms with Gasteiger partial charge in [0.25, 0.3) is 5.91 Å². The summed E-state index contributed by atoms with van der Waals surface area (Å²) >= 11 is 6.19. The fourth-order valence-corrected chi connectivity index (χ4v) is 3.46. The average molecular weight is 402 g/mol. The van der Waals surface area contributed by atoms with Crippen molar-refractivity contribution in [1.29, 1.82) is 0 Å². The summed E-state index contributed by atoms with van der Waals surface area (Å²) in [4.78, 5) is 25.5. The molecule has 8 heteroatoms. The molecule has 0 aromatic heterocycles. The van der Waals surface area contributed by atoms with Gasteiger partial charge in [0.05, 0.1) is 25.5 Å². The molecule has 0 spiro atoms. The van der Waals surface area contributed by atoms with Crippen LogP contribution in [0.2, 0.25) is 5.02 Å². The van der Waals surface area contributed by atoms with Crippen LogP contribution in [0.25, 0.3) is 0 Å². The van der Waals surface area contributed by atoms with E-state index in [4.69, 9.17) is 21.1 Å². The van der Waals surface area contributed by atoms with Gasteiger partial charge in [-0.05, 0) is 29.7 Å². The molecule has 1 N–H and O–H groups in total. The van der Waals surface area contributed by atoms with Gasteiger partial charge >= 0.3 is 6.03 Å². The topological polar surface area (TPSA) is 80.2 Å². The number of imide groups is 1. The van der Waals surface area contributed by atoms with Gasteiger partial charge in [0.1, 0.15) is 5.54 Å². The van der Waals surface area contributed by atoms with Crippen molar-refractivity contribution in [2.24, 2.45) is 5.10 Å². The number of nitrogens with one attached hydrogen (secondary N) is 1. The molecule has 1 aliphatic heterocycles. The summed E-state index contributed by atoms with van der Waals surface area (Å²) in [6.07, 6.45) is 1.78.